The van der Waals surface area contributed by atoms with Gasteiger partial charge in [-0.1, -0.05) is 13.0 Å². The predicted octanol–water partition coefficient (Wildman–Crippen LogP) is 2.64. The van der Waals surface area contributed by atoms with Crippen molar-refractivity contribution in [2.75, 3.05) is 26.8 Å². The van der Waals surface area contributed by atoms with Crippen LogP contribution in [0.3, 0.4) is 0 Å². The number of hydrogen-bond donors (Lipinski definition) is 1. The minimum absolute atomic E-state index is 0.556. The minimum Gasteiger partial charge on any atom is -0.493 e. The fraction of sp³-hybridized carbons (Fsp3) is 0.588. The van der Waals surface area contributed by atoms with E-state index >= 15 is 0 Å². The van der Waals surface area contributed by atoms with Crippen molar-refractivity contribution in [1.82, 2.24) is 4.90 Å². The number of guanidine groups is 1. The Kier molecular flexibility index (Phi) is 5.92. The SMILES string of the molecule is CCOc1ccc(CN=C(N)N2CCC(C)CC2)cc1OC. The molecule has 0 unspecified atom stereocenters. The van der Waals surface area contributed by atoms with Gasteiger partial charge in [-0.05, 0) is 43.4 Å². The van der Waals surface area contributed by atoms with Crippen LogP contribution in [-0.2, 0) is 6.54 Å². The molecule has 0 aromatic heterocycles. The van der Waals surface area contributed by atoms with E-state index in [1.54, 1.807) is 7.11 Å². The zero-order valence-electron chi connectivity index (χ0n) is 13.8. The first kappa shape index (κ1) is 16.5. The number of hydrogen-bond acceptors (Lipinski definition) is 3. The molecule has 5 heteroatoms. The van der Waals surface area contributed by atoms with Gasteiger partial charge in [0, 0.05) is 13.1 Å². The Labute approximate surface area is 133 Å². The number of rotatable bonds is 5. The molecule has 2 rings (SSSR count). The maximum Gasteiger partial charge on any atom is 0.191 e. The van der Waals surface area contributed by atoms with E-state index in [1.165, 1.54) is 12.8 Å². The van der Waals surface area contributed by atoms with Crippen molar-refractivity contribution in [1.29, 1.82) is 0 Å². The van der Waals surface area contributed by atoms with Gasteiger partial charge >= 0.3 is 0 Å². The van der Waals surface area contributed by atoms with Gasteiger partial charge in [0.1, 0.15) is 0 Å². The summed E-state index contributed by atoms with van der Waals surface area (Å²) in [5.74, 6) is 2.93. The van der Waals surface area contributed by atoms with Crippen molar-refractivity contribution in [3.8, 4) is 11.5 Å². The maximum absolute atomic E-state index is 6.11. The number of benzene rings is 1. The Morgan fingerprint density at radius 1 is 1.32 bits per heavy atom. The molecule has 0 spiro atoms. The van der Waals surface area contributed by atoms with Gasteiger partial charge in [0.05, 0.1) is 20.3 Å². The lowest BCUT2D eigenvalue weighted by atomic mass is 10.00. The molecule has 1 heterocycles. The number of aliphatic imine (C=N–C) groups is 1. The third kappa shape index (κ3) is 4.29. The lowest BCUT2D eigenvalue weighted by molar-refractivity contribution is 0.277. The fourth-order valence-electron chi connectivity index (χ4n) is 2.60. The summed E-state index contributed by atoms with van der Waals surface area (Å²) in [4.78, 5) is 6.69. The quantitative estimate of drug-likeness (QED) is 0.671. The van der Waals surface area contributed by atoms with Crippen LogP contribution in [0.1, 0.15) is 32.3 Å². The molecule has 0 amide bonds. The van der Waals surface area contributed by atoms with Crippen LogP contribution in [0.2, 0.25) is 0 Å². The molecule has 1 aromatic rings. The molecule has 1 aliphatic heterocycles. The third-order valence-electron chi connectivity index (χ3n) is 4.06. The Morgan fingerprint density at radius 2 is 2.05 bits per heavy atom. The third-order valence-corrected chi connectivity index (χ3v) is 4.06. The van der Waals surface area contributed by atoms with Crippen LogP contribution in [-0.4, -0.2) is 37.7 Å². The van der Waals surface area contributed by atoms with Gasteiger partial charge in [-0.15, -0.1) is 0 Å². The summed E-state index contributed by atoms with van der Waals surface area (Å²) in [5.41, 5.74) is 7.17. The molecule has 5 nitrogen and oxygen atoms in total. The van der Waals surface area contributed by atoms with Crippen LogP contribution in [0.5, 0.6) is 11.5 Å². The number of ether oxygens (including phenoxy) is 2. The Morgan fingerprint density at radius 3 is 2.68 bits per heavy atom. The molecule has 0 bridgehead atoms. The Bertz CT molecular complexity index is 509. The monoisotopic (exact) mass is 305 g/mol. The van der Waals surface area contributed by atoms with Crippen molar-refractivity contribution in [2.24, 2.45) is 16.6 Å². The van der Waals surface area contributed by atoms with Gasteiger partial charge < -0.3 is 20.1 Å². The number of nitrogens with two attached hydrogens (primary N) is 1. The van der Waals surface area contributed by atoms with Gasteiger partial charge in [-0.25, -0.2) is 4.99 Å². The number of likely N-dealkylation sites (tertiary alicyclic amines) is 1. The Hall–Kier alpha value is -1.91. The fourth-order valence-corrected chi connectivity index (χ4v) is 2.60. The summed E-state index contributed by atoms with van der Waals surface area (Å²) in [7, 11) is 1.65. The minimum atomic E-state index is 0.556. The highest BCUT2D eigenvalue weighted by atomic mass is 16.5. The summed E-state index contributed by atoms with van der Waals surface area (Å²) < 4.78 is 10.9. The molecular weight excluding hydrogens is 278 g/mol. The van der Waals surface area contributed by atoms with Crippen LogP contribution in [0, 0.1) is 5.92 Å². The topological polar surface area (TPSA) is 60.1 Å². The van der Waals surface area contributed by atoms with E-state index in [1.807, 2.05) is 25.1 Å². The number of nitrogens with zero attached hydrogens (tertiary/aromatic N) is 2. The summed E-state index contributed by atoms with van der Waals surface area (Å²) >= 11 is 0. The van der Waals surface area contributed by atoms with Gasteiger partial charge in [-0.3, -0.25) is 0 Å². The van der Waals surface area contributed by atoms with E-state index in [0.29, 0.717) is 19.1 Å². The number of methoxy groups -OCH3 is 1. The van der Waals surface area contributed by atoms with Gasteiger partial charge in [0.25, 0.3) is 0 Å². The summed E-state index contributed by atoms with van der Waals surface area (Å²) in [6.07, 6.45) is 2.38. The molecule has 0 atom stereocenters. The van der Waals surface area contributed by atoms with Crippen LogP contribution in [0.15, 0.2) is 23.2 Å². The molecule has 1 fully saturated rings. The molecule has 1 aromatic carbocycles. The zero-order valence-corrected chi connectivity index (χ0v) is 13.8. The Balaban J connectivity index is 1.99. The molecule has 2 N–H and O–H groups in total. The van der Waals surface area contributed by atoms with Crippen molar-refractivity contribution in [3.05, 3.63) is 23.8 Å². The smallest absolute Gasteiger partial charge is 0.191 e. The van der Waals surface area contributed by atoms with Gasteiger partial charge in [0.15, 0.2) is 17.5 Å². The lowest BCUT2D eigenvalue weighted by Crippen LogP contribution is -2.42. The first-order chi connectivity index (χ1) is 10.6. The summed E-state index contributed by atoms with van der Waals surface area (Å²) in [5, 5.41) is 0. The maximum atomic E-state index is 6.11. The second-order valence-electron chi connectivity index (χ2n) is 5.76. The van der Waals surface area contributed by atoms with E-state index in [9.17, 15) is 0 Å². The van der Waals surface area contributed by atoms with E-state index in [2.05, 4.69) is 16.8 Å². The van der Waals surface area contributed by atoms with Crippen LogP contribution >= 0.6 is 0 Å². The van der Waals surface area contributed by atoms with Crippen molar-refractivity contribution < 1.29 is 9.47 Å². The van der Waals surface area contributed by atoms with Crippen molar-refractivity contribution in [3.63, 3.8) is 0 Å². The van der Waals surface area contributed by atoms with E-state index in [4.69, 9.17) is 15.2 Å². The standard InChI is InChI=1S/C17H27N3O2/c1-4-22-15-6-5-14(11-16(15)21-3)12-19-17(18)20-9-7-13(2)8-10-20/h5-6,11,13H,4,7-10,12H2,1-3H3,(H2,18,19). The van der Waals surface area contributed by atoms with Crippen molar-refractivity contribution in [2.45, 2.75) is 33.2 Å². The molecule has 122 valence electrons. The molecule has 22 heavy (non-hydrogen) atoms. The average molecular weight is 305 g/mol. The largest absolute Gasteiger partial charge is 0.493 e. The van der Waals surface area contributed by atoms with Crippen molar-refractivity contribution >= 4 is 5.96 Å². The second kappa shape index (κ2) is 7.92. The molecule has 1 saturated heterocycles. The zero-order chi connectivity index (χ0) is 15.9. The number of piperidine rings is 1. The van der Waals surface area contributed by atoms with E-state index < -0.39 is 0 Å². The first-order valence-corrected chi connectivity index (χ1v) is 7.98. The normalized spacial score (nSPS) is 16.7. The molecule has 0 radical (unpaired) electrons. The van der Waals surface area contributed by atoms with Gasteiger partial charge in [-0.2, -0.15) is 0 Å². The summed E-state index contributed by atoms with van der Waals surface area (Å²) in [6.45, 7) is 7.43. The highest BCUT2D eigenvalue weighted by molar-refractivity contribution is 5.78. The molecule has 0 saturated carbocycles. The second-order valence-corrected chi connectivity index (χ2v) is 5.76. The highest BCUT2D eigenvalue weighted by Crippen LogP contribution is 2.28. The van der Waals surface area contributed by atoms with Gasteiger partial charge in [0.2, 0.25) is 0 Å². The molecular formula is C17H27N3O2. The van der Waals surface area contributed by atoms with Crippen LogP contribution in [0.4, 0.5) is 0 Å². The van der Waals surface area contributed by atoms with E-state index in [-0.39, 0.29) is 0 Å². The molecule has 1 aliphatic rings. The van der Waals surface area contributed by atoms with E-state index in [0.717, 1.165) is 36.1 Å². The van der Waals surface area contributed by atoms with Crippen LogP contribution in [0.25, 0.3) is 0 Å². The summed E-state index contributed by atoms with van der Waals surface area (Å²) in [6, 6.07) is 5.88. The first-order valence-electron chi connectivity index (χ1n) is 7.98. The lowest BCUT2D eigenvalue weighted by Gasteiger charge is -2.31. The highest BCUT2D eigenvalue weighted by Gasteiger charge is 2.16. The molecule has 0 aliphatic carbocycles. The van der Waals surface area contributed by atoms with Crippen LogP contribution < -0.4 is 15.2 Å². The average Bonchev–Trinajstić information content (AvgIpc) is 2.54. The predicted molar refractivity (Wildman–Crippen MR) is 89.5 cm³/mol.